The fourth-order valence-electron chi connectivity index (χ4n) is 2.51. The maximum absolute atomic E-state index is 5.76. The zero-order valence-corrected chi connectivity index (χ0v) is 15.4. The molecule has 0 saturated carbocycles. The van der Waals surface area contributed by atoms with Gasteiger partial charge in [-0.15, -0.1) is 33.7 Å². The highest BCUT2D eigenvalue weighted by Crippen LogP contribution is 2.43. The van der Waals surface area contributed by atoms with E-state index in [9.17, 15) is 0 Å². The number of benzene rings is 1. The van der Waals surface area contributed by atoms with Gasteiger partial charge in [0.05, 0.1) is 16.3 Å². The summed E-state index contributed by atoms with van der Waals surface area (Å²) < 4.78 is 13.6. The minimum absolute atomic E-state index is 0.250. The Kier molecular flexibility index (Phi) is 4.98. The molecule has 6 nitrogen and oxygen atoms in total. The summed E-state index contributed by atoms with van der Waals surface area (Å²) in [5.41, 5.74) is 2.15. The molecule has 3 aromatic rings. The van der Waals surface area contributed by atoms with Crippen molar-refractivity contribution in [2.45, 2.75) is 17.6 Å². The molecule has 1 aliphatic rings. The summed E-state index contributed by atoms with van der Waals surface area (Å²) in [5, 5.41) is 12.2. The average Bonchev–Trinajstić information content (AvgIpc) is 3.30. The van der Waals surface area contributed by atoms with E-state index in [4.69, 9.17) is 9.15 Å². The maximum atomic E-state index is 5.76. The lowest BCUT2D eigenvalue weighted by atomic mass is 10.2. The lowest BCUT2D eigenvalue weighted by Gasteiger charge is -2.21. The number of rotatable bonds is 5. The number of nitrogens with zero attached hydrogens (tertiary/aromatic N) is 4. The van der Waals surface area contributed by atoms with Crippen molar-refractivity contribution in [1.29, 1.82) is 0 Å². The minimum Gasteiger partial charge on any atom is -0.484 e. The van der Waals surface area contributed by atoms with E-state index in [0.717, 1.165) is 11.3 Å². The number of ether oxygens (including phenoxy) is 1. The van der Waals surface area contributed by atoms with E-state index in [1.54, 1.807) is 10.9 Å². The summed E-state index contributed by atoms with van der Waals surface area (Å²) in [5.74, 6) is 4.18. The van der Waals surface area contributed by atoms with Gasteiger partial charge in [0, 0.05) is 13.2 Å². The fraction of sp³-hybridized carbons (Fsp3) is 0.353. The summed E-state index contributed by atoms with van der Waals surface area (Å²) in [7, 11) is 1.85. The Morgan fingerprint density at radius 2 is 2.00 bits per heavy atom. The van der Waals surface area contributed by atoms with Gasteiger partial charge in [-0.1, -0.05) is 12.1 Å². The van der Waals surface area contributed by atoms with Gasteiger partial charge in [-0.3, -0.25) is 4.68 Å². The van der Waals surface area contributed by atoms with E-state index >= 15 is 0 Å². The number of hydrogen-bond donors (Lipinski definition) is 0. The van der Waals surface area contributed by atoms with Crippen LogP contribution in [0.5, 0.6) is 5.75 Å². The standard InChI is InChI=1S/C17H18N4O2S2/c1-21-10-13(9-18-21)16-20-19-15(23-16)11-22-14-5-3-12(4-6-14)17-24-7-2-8-25-17/h3-6,9-10,17H,2,7-8,11H2,1H3. The van der Waals surface area contributed by atoms with Gasteiger partial charge in [0.1, 0.15) is 5.75 Å². The third-order valence-electron chi connectivity index (χ3n) is 3.76. The topological polar surface area (TPSA) is 66.0 Å². The van der Waals surface area contributed by atoms with Gasteiger partial charge in [-0.25, -0.2) is 0 Å². The average molecular weight is 374 g/mol. The molecule has 1 aromatic carbocycles. The zero-order valence-electron chi connectivity index (χ0n) is 13.8. The Labute approximate surface area is 154 Å². The van der Waals surface area contributed by atoms with Gasteiger partial charge in [0.25, 0.3) is 11.8 Å². The quantitative estimate of drug-likeness (QED) is 0.670. The zero-order chi connectivity index (χ0) is 17.1. The van der Waals surface area contributed by atoms with Crippen molar-refractivity contribution < 1.29 is 9.15 Å². The molecule has 4 rings (SSSR count). The van der Waals surface area contributed by atoms with Crippen molar-refractivity contribution >= 4 is 23.5 Å². The van der Waals surface area contributed by atoms with Crippen LogP contribution in [0.2, 0.25) is 0 Å². The van der Waals surface area contributed by atoms with E-state index in [1.807, 2.05) is 48.9 Å². The Hall–Kier alpha value is -1.93. The highest BCUT2D eigenvalue weighted by atomic mass is 32.2. The van der Waals surface area contributed by atoms with E-state index in [-0.39, 0.29) is 6.61 Å². The highest BCUT2D eigenvalue weighted by molar-refractivity contribution is 8.16. The number of aromatic nitrogens is 4. The molecule has 1 aliphatic heterocycles. The molecule has 8 heteroatoms. The third-order valence-corrected chi connectivity index (χ3v) is 6.78. The first-order valence-electron chi connectivity index (χ1n) is 8.05. The van der Waals surface area contributed by atoms with E-state index in [0.29, 0.717) is 16.4 Å². The first kappa shape index (κ1) is 16.5. The molecule has 0 N–H and O–H groups in total. The molecule has 0 unspecified atom stereocenters. The molecule has 1 fully saturated rings. The number of aryl methyl sites for hydroxylation is 1. The van der Waals surface area contributed by atoms with Gasteiger partial charge in [0.2, 0.25) is 0 Å². The molecule has 0 atom stereocenters. The molecule has 0 aliphatic carbocycles. The molecule has 130 valence electrons. The SMILES string of the molecule is Cn1cc(-c2nnc(COc3ccc(C4SCCCS4)cc3)o2)cn1. The molecule has 0 bridgehead atoms. The van der Waals surface area contributed by atoms with Gasteiger partial charge in [-0.2, -0.15) is 5.10 Å². The molecular formula is C17H18N4O2S2. The summed E-state index contributed by atoms with van der Waals surface area (Å²) >= 11 is 4.03. The lowest BCUT2D eigenvalue weighted by molar-refractivity contribution is 0.264. The van der Waals surface area contributed by atoms with Crippen LogP contribution in [0.15, 0.2) is 41.1 Å². The first-order chi connectivity index (χ1) is 12.3. The van der Waals surface area contributed by atoms with Crippen molar-refractivity contribution in [2.24, 2.45) is 7.05 Å². The summed E-state index contributed by atoms with van der Waals surface area (Å²) in [4.78, 5) is 0. The number of thioether (sulfide) groups is 2. The first-order valence-corrected chi connectivity index (χ1v) is 10.1. The molecule has 2 aromatic heterocycles. The van der Waals surface area contributed by atoms with E-state index in [2.05, 4.69) is 27.4 Å². The van der Waals surface area contributed by atoms with E-state index in [1.165, 1.54) is 23.5 Å². The van der Waals surface area contributed by atoms with Crippen LogP contribution >= 0.6 is 23.5 Å². The molecule has 3 heterocycles. The second kappa shape index (κ2) is 7.53. The maximum Gasteiger partial charge on any atom is 0.254 e. The Morgan fingerprint density at radius 1 is 1.20 bits per heavy atom. The predicted octanol–water partition coefficient (Wildman–Crippen LogP) is 3.92. The van der Waals surface area contributed by atoms with Gasteiger partial charge in [0.15, 0.2) is 6.61 Å². The molecule has 0 spiro atoms. The smallest absolute Gasteiger partial charge is 0.254 e. The van der Waals surface area contributed by atoms with Crippen molar-refractivity contribution in [3.05, 3.63) is 48.1 Å². The van der Waals surface area contributed by atoms with Crippen LogP contribution in [0.25, 0.3) is 11.5 Å². The number of hydrogen-bond acceptors (Lipinski definition) is 7. The third kappa shape index (κ3) is 4.01. The van der Waals surface area contributed by atoms with Gasteiger partial charge >= 0.3 is 0 Å². The fourth-order valence-corrected chi connectivity index (χ4v) is 5.40. The second-order valence-corrected chi connectivity index (χ2v) is 8.41. The van der Waals surface area contributed by atoms with Gasteiger partial charge < -0.3 is 9.15 Å². The Balaban J connectivity index is 1.36. The Morgan fingerprint density at radius 3 is 2.72 bits per heavy atom. The molecule has 0 amide bonds. The highest BCUT2D eigenvalue weighted by Gasteiger charge is 2.16. The molecule has 25 heavy (non-hydrogen) atoms. The minimum atomic E-state index is 0.250. The summed E-state index contributed by atoms with van der Waals surface area (Å²) in [6.45, 7) is 0.250. The van der Waals surface area contributed by atoms with Gasteiger partial charge in [-0.05, 0) is 35.6 Å². The van der Waals surface area contributed by atoms with Crippen molar-refractivity contribution in [2.75, 3.05) is 11.5 Å². The van der Waals surface area contributed by atoms with Crippen LogP contribution in [-0.2, 0) is 13.7 Å². The normalized spacial score (nSPS) is 15.4. The van der Waals surface area contributed by atoms with Crippen LogP contribution in [0.1, 0.15) is 22.5 Å². The molecule has 0 radical (unpaired) electrons. The lowest BCUT2D eigenvalue weighted by Crippen LogP contribution is -2.00. The van der Waals surface area contributed by atoms with Crippen LogP contribution in [-0.4, -0.2) is 31.5 Å². The molecule has 1 saturated heterocycles. The van der Waals surface area contributed by atoms with Crippen molar-refractivity contribution in [3.63, 3.8) is 0 Å². The van der Waals surface area contributed by atoms with Crippen molar-refractivity contribution in [3.8, 4) is 17.2 Å². The van der Waals surface area contributed by atoms with Crippen LogP contribution in [0, 0.1) is 0 Å². The monoisotopic (exact) mass is 374 g/mol. The van der Waals surface area contributed by atoms with Crippen LogP contribution in [0.3, 0.4) is 0 Å². The van der Waals surface area contributed by atoms with Crippen LogP contribution < -0.4 is 4.74 Å². The van der Waals surface area contributed by atoms with Crippen LogP contribution in [0.4, 0.5) is 0 Å². The summed E-state index contributed by atoms with van der Waals surface area (Å²) in [6, 6.07) is 8.29. The second-order valence-electron chi connectivity index (χ2n) is 5.69. The van der Waals surface area contributed by atoms with E-state index < -0.39 is 0 Å². The predicted molar refractivity (Wildman–Crippen MR) is 99.5 cm³/mol. The Bertz CT molecular complexity index is 825. The molecular weight excluding hydrogens is 356 g/mol. The largest absolute Gasteiger partial charge is 0.484 e. The summed E-state index contributed by atoms with van der Waals surface area (Å²) in [6.07, 6.45) is 4.83. The van der Waals surface area contributed by atoms with Crippen molar-refractivity contribution in [1.82, 2.24) is 20.0 Å².